The van der Waals surface area contributed by atoms with Gasteiger partial charge in [-0.1, -0.05) is 35.9 Å². The number of ketones is 2. The first-order valence-electron chi connectivity index (χ1n) is 10.2. The Morgan fingerprint density at radius 2 is 1.83 bits per heavy atom. The number of para-hydroxylation sites is 1. The Bertz CT molecular complexity index is 1140. The van der Waals surface area contributed by atoms with Gasteiger partial charge in [-0.3, -0.25) is 19.5 Å². The highest BCUT2D eigenvalue weighted by Gasteiger charge is 2.42. The second-order valence-electron chi connectivity index (χ2n) is 8.18. The van der Waals surface area contributed by atoms with Crippen LogP contribution in [0.1, 0.15) is 51.5 Å². The second kappa shape index (κ2) is 7.86. The first-order chi connectivity index (χ1) is 14.4. The molecule has 1 aliphatic rings. The molecule has 2 aromatic carbocycles. The smallest absolute Gasteiger partial charge is 0.272 e. The Kier molecular flexibility index (Phi) is 5.24. The number of aromatic amines is 1. The molecular weight excluding hydrogens is 378 g/mol. The zero-order valence-corrected chi connectivity index (χ0v) is 17.4. The van der Waals surface area contributed by atoms with Gasteiger partial charge >= 0.3 is 0 Å². The van der Waals surface area contributed by atoms with Gasteiger partial charge in [0.05, 0.1) is 5.52 Å². The molecule has 0 aliphatic heterocycles. The molecule has 1 heterocycles. The molecule has 0 bridgehead atoms. The van der Waals surface area contributed by atoms with Crippen molar-refractivity contribution in [1.29, 1.82) is 0 Å². The van der Waals surface area contributed by atoms with Crippen LogP contribution in [0.25, 0.3) is 10.9 Å². The summed E-state index contributed by atoms with van der Waals surface area (Å²) in [6, 6.07) is 11.5. The SMILES string of the molecule is Cc1cc(C)c(C2C(=O)CC(CCNC(=O)c3n[nH]c4ccccc34)C2=O)c(C)c1. The van der Waals surface area contributed by atoms with E-state index in [0.29, 0.717) is 18.7 Å². The van der Waals surface area contributed by atoms with Gasteiger partial charge in [0.2, 0.25) is 0 Å². The normalized spacial score (nSPS) is 18.9. The average Bonchev–Trinajstić information content (AvgIpc) is 3.24. The molecule has 6 nitrogen and oxygen atoms in total. The highest BCUT2D eigenvalue weighted by atomic mass is 16.2. The van der Waals surface area contributed by atoms with Crippen LogP contribution in [0, 0.1) is 26.7 Å². The van der Waals surface area contributed by atoms with E-state index in [0.717, 1.165) is 33.2 Å². The first-order valence-corrected chi connectivity index (χ1v) is 10.2. The zero-order valence-electron chi connectivity index (χ0n) is 17.4. The predicted molar refractivity (Wildman–Crippen MR) is 115 cm³/mol. The molecule has 154 valence electrons. The monoisotopic (exact) mass is 403 g/mol. The summed E-state index contributed by atoms with van der Waals surface area (Å²) in [7, 11) is 0. The molecular formula is C24H25N3O3. The number of aromatic nitrogens is 2. The Hall–Kier alpha value is -3.28. The quantitative estimate of drug-likeness (QED) is 0.637. The Labute approximate surface area is 175 Å². The van der Waals surface area contributed by atoms with Gasteiger partial charge in [0.25, 0.3) is 5.91 Å². The highest BCUT2D eigenvalue weighted by molar-refractivity contribution is 6.15. The van der Waals surface area contributed by atoms with Crippen LogP contribution in [0.2, 0.25) is 0 Å². The number of carbonyl (C=O) groups excluding carboxylic acids is 3. The molecule has 1 amide bonds. The number of H-pyrrole nitrogens is 1. The lowest BCUT2D eigenvalue weighted by molar-refractivity contribution is -0.124. The summed E-state index contributed by atoms with van der Waals surface area (Å²) in [6.45, 7) is 6.24. The molecule has 1 fully saturated rings. The van der Waals surface area contributed by atoms with Crippen molar-refractivity contribution in [3.8, 4) is 0 Å². The van der Waals surface area contributed by atoms with Gasteiger partial charge in [-0.05, 0) is 49.9 Å². The lowest BCUT2D eigenvalue weighted by atomic mass is 9.86. The number of amides is 1. The van der Waals surface area contributed by atoms with Gasteiger partial charge in [0.15, 0.2) is 11.5 Å². The van der Waals surface area contributed by atoms with Crippen molar-refractivity contribution >= 4 is 28.4 Å². The molecule has 2 N–H and O–H groups in total. The van der Waals surface area contributed by atoms with Crippen LogP contribution in [0.3, 0.4) is 0 Å². The number of nitrogens with zero attached hydrogens (tertiary/aromatic N) is 1. The molecule has 0 radical (unpaired) electrons. The van der Waals surface area contributed by atoms with Crippen molar-refractivity contribution in [1.82, 2.24) is 15.5 Å². The molecule has 0 spiro atoms. The number of rotatable bonds is 5. The first kappa shape index (κ1) is 20.0. The molecule has 1 aromatic heterocycles. The van der Waals surface area contributed by atoms with Crippen LogP contribution in [0.15, 0.2) is 36.4 Å². The summed E-state index contributed by atoms with van der Waals surface area (Å²) in [5.41, 5.74) is 5.08. The lowest BCUT2D eigenvalue weighted by Gasteiger charge is -2.16. The molecule has 6 heteroatoms. The van der Waals surface area contributed by atoms with E-state index in [4.69, 9.17) is 0 Å². The summed E-state index contributed by atoms with van der Waals surface area (Å²) in [5.74, 6) is -1.38. The largest absolute Gasteiger partial charge is 0.351 e. The number of fused-ring (bicyclic) bond motifs is 1. The molecule has 2 atom stereocenters. The van der Waals surface area contributed by atoms with E-state index < -0.39 is 5.92 Å². The maximum absolute atomic E-state index is 13.0. The number of hydrogen-bond donors (Lipinski definition) is 2. The molecule has 3 aromatic rings. The third-order valence-corrected chi connectivity index (χ3v) is 5.95. The maximum atomic E-state index is 13.0. The van der Waals surface area contributed by atoms with E-state index in [2.05, 4.69) is 15.5 Å². The fourth-order valence-electron chi connectivity index (χ4n) is 4.63. The van der Waals surface area contributed by atoms with Crippen LogP contribution < -0.4 is 5.32 Å². The van der Waals surface area contributed by atoms with Gasteiger partial charge in [-0.25, -0.2) is 0 Å². The number of hydrogen-bond acceptors (Lipinski definition) is 4. The topological polar surface area (TPSA) is 91.9 Å². The molecule has 1 saturated carbocycles. The lowest BCUT2D eigenvalue weighted by Crippen LogP contribution is -2.27. The third-order valence-electron chi connectivity index (χ3n) is 5.95. The van der Waals surface area contributed by atoms with E-state index >= 15 is 0 Å². The molecule has 1 aliphatic carbocycles. The van der Waals surface area contributed by atoms with Crippen LogP contribution >= 0.6 is 0 Å². The van der Waals surface area contributed by atoms with Crippen LogP contribution in [-0.2, 0) is 9.59 Å². The number of nitrogens with one attached hydrogen (secondary N) is 2. The van der Waals surface area contributed by atoms with E-state index in [1.165, 1.54) is 0 Å². The van der Waals surface area contributed by atoms with Gasteiger partial charge in [0, 0.05) is 24.3 Å². The molecule has 30 heavy (non-hydrogen) atoms. The van der Waals surface area contributed by atoms with Gasteiger partial charge in [0.1, 0.15) is 11.7 Å². The summed E-state index contributed by atoms with van der Waals surface area (Å²) >= 11 is 0. The number of Topliss-reactive ketones (excluding diaryl/α,β-unsaturated/α-hetero) is 2. The van der Waals surface area contributed by atoms with Crippen LogP contribution in [0.5, 0.6) is 0 Å². The molecule has 4 rings (SSSR count). The van der Waals surface area contributed by atoms with E-state index in [1.807, 2.05) is 57.2 Å². The molecule has 0 saturated heterocycles. The van der Waals surface area contributed by atoms with Gasteiger partial charge in [-0.2, -0.15) is 5.10 Å². The molecule has 2 unspecified atom stereocenters. The van der Waals surface area contributed by atoms with Gasteiger partial charge in [-0.15, -0.1) is 0 Å². The number of carbonyl (C=O) groups is 3. The maximum Gasteiger partial charge on any atom is 0.272 e. The van der Waals surface area contributed by atoms with Crippen molar-refractivity contribution in [3.63, 3.8) is 0 Å². The van der Waals surface area contributed by atoms with Crippen molar-refractivity contribution in [2.24, 2.45) is 5.92 Å². The van der Waals surface area contributed by atoms with E-state index in [1.54, 1.807) is 0 Å². The van der Waals surface area contributed by atoms with E-state index in [-0.39, 0.29) is 29.8 Å². The second-order valence-corrected chi connectivity index (χ2v) is 8.18. The summed E-state index contributed by atoms with van der Waals surface area (Å²) < 4.78 is 0. The van der Waals surface area contributed by atoms with Crippen LogP contribution in [0.4, 0.5) is 0 Å². The number of aryl methyl sites for hydroxylation is 3. The van der Waals surface area contributed by atoms with Crippen molar-refractivity contribution in [2.45, 2.75) is 39.5 Å². The minimum atomic E-state index is -0.679. The fraction of sp³-hybridized carbons (Fsp3) is 0.333. The summed E-state index contributed by atoms with van der Waals surface area (Å²) in [5, 5.41) is 10.5. The van der Waals surface area contributed by atoms with Gasteiger partial charge < -0.3 is 5.32 Å². The summed E-state index contributed by atoms with van der Waals surface area (Å²) in [6.07, 6.45) is 0.677. The van der Waals surface area contributed by atoms with E-state index in [9.17, 15) is 14.4 Å². The number of benzene rings is 2. The highest BCUT2D eigenvalue weighted by Crippen LogP contribution is 2.37. The summed E-state index contributed by atoms with van der Waals surface area (Å²) in [4.78, 5) is 38.2. The Morgan fingerprint density at radius 1 is 1.13 bits per heavy atom. The zero-order chi connectivity index (χ0) is 21.4. The standard InChI is InChI=1S/C24H25N3O3/c1-13-10-14(2)20(15(3)11-13)21-19(28)12-16(23(21)29)8-9-25-24(30)22-17-6-4-5-7-18(17)26-27-22/h4-7,10-11,16,21H,8-9,12H2,1-3H3,(H,25,30)(H,26,27). The third kappa shape index (κ3) is 3.54. The Morgan fingerprint density at radius 3 is 2.57 bits per heavy atom. The average molecular weight is 403 g/mol. The minimum Gasteiger partial charge on any atom is -0.351 e. The Balaban J connectivity index is 1.42. The van der Waals surface area contributed by atoms with Crippen molar-refractivity contribution in [2.75, 3.05) is 6.54 Å². The minimum absolute atomic E-state index is 0.0234. The van der Waals surface area contributed by atoms with Crippen molar-refractivity contribution in [3.05, 3.63) is 64.3 Å². The predicted octanol–water partition coefficient (Wildman–Crippen LogP) is 3.55. The van der Waals surface area contributed by atoms with Crippen LogP contribution in [-0.4, -0.2) is 34.2 Å². The fourth-order valence-corrected chi connectivity index (χ4v) is 4.63. The van der Waals surface area contributed by atoms with Crippen molar-refractivity contribution < 1.29 is 14.4 Å².